The Balaban J connectivity index is 3.63. The second kappa shape index (κ2) is 8.93. The lowest BCUT2D eigenvalue weighted by molar-refractivity contribution is 0.297. The monoisotopic (exact) mass is 242 g/mol. The Kier molecular flexibility index (Phi) is 8.89. The van der Waals surface area contributed by atoms with E-state index >= 15 is 0 Å². The van der Waals surface area contributed by atoms with Crippen molar-refractivity contribution >= 4 is 0 Å². The summed E-state index contributed by atoms with van der Waals surface area (Å²) in [6.07, 6.45) is 6.44. The van der Waals surface area contributed by atoms with Crippen LogP contribution in [0.4, 0.5) is 0 Å². The van der Waals surface area contributed by atoms with Gasteiger partial charge >= 0.3 is 0 Å². The highest BCUT2D eigenvalue weighted by Gasteiger charge is 2.17. The molecule has 0 aromatic heterocycles. The van der Waals surface area contributed by atoms with Crippen LogP contribution in [0.5, 0.6) is 0 Å². The zero-order valence-corrected chi connectivity index (χ0v) is 12.7. The minimum Gasteiger partial charge on any atom is -0.327 e. The Morgan fingerprint density at radius 1 is 1.18 bits per heavy atom. The average Bonchev–Trinajstić information content (AvgIpc) is 2.16. The molecule has 0 aliphatic carbocycles. The standard InChI is InChI=1S/C15H34N2/c1-6-7-8-9-15(4,5)12-17-11-14(16)10-13(2)3/h13-14,17H,6-12,16H2,1-5H3/t14-/m0/s1. The van der Waals surface area contributed by atoms with Crippen LogP contribution >= 0.6 is 0 Å². The van der Waals surface area contributed by atoms with E-state index in [4.69, 9.17) is 5.73 Å². The molecule has 0 radical (unpaired) electrons. The summed E-state index contributed by atoms with van der Waals surface area (Å²) in [5.74, 6) is 0.698. The number of hydrogen-bond donors (Lipinski definition) is 2. The van der Waals surface area contributed by atoms with E-state index in [0.29, 0.717) is 17.4 Å². The van der Waals surface area contributed by atoms with Crippen molar-refractivity contribution < 1.29 is 0 Å². The van der Waals surface area contributed by atoms with E-state index in [0.717, 1.165) is 19.5 Å². The Labute approximate surface area is 109 Å². The Bertz CT molecular complexity index is 176. The van der Waals surface area contributed by atoms with E-state index in [1.54, 1.807) is 0 Å². The normalized spacial score (nSPS) is 14.3. The number of rotatable bonds is 10. The third-order valence-corrected chi connectivity index (χ3v) is 3.24. The van der Waals surface area contributed by atoms with Crippen molar-refractivity contribution in [2.24, 2.45) is 17.1 Å². The van der Waals surface area contributed by atoms with Crippen LogP contribution < -0.4 is 11.1 Å². The average molecular weight is 242 g/mol. The fraction of sp³-hybridized carbons (Fsp3) is 1.00. The molecule has 0 fully saturated rings. The largest absolute Gasteiger partial charge is 0.327 e. The molecule has 1 atom stereocenters. The quantitative estimate of drug-likeness (QED) is 0.575. The van der Waals surface area contributed by atoms with Gasteiger partial charge < -0.3 is 11.1 Å². The van der Waals surface area contributed by atoms with Gasteiger partial charge in [0.15, 0.2) is 0 Å². The molecule has 0 heterocycles. The van der Waals surface area contributed by atoms with Crippen molar-refractivity contribution in [2.75, 3.05) is 13.1 Å². The van der Waals surface area contributed by atoms with Crippen molar-refractivity contribution in [1.29, 1.82) is 0 Å². The van der Waals surface area contributed by atoms with Gasteiger partial charge in [-0.2, -0.15) is 0 Å². The van der Waals surface area contributed by atoms with Crippen LogP contribution in [0.15, 0.2) is 0 Å². The van der Waals surface area contributed by atoms with Gasteiger partial charge in [-0.05, 0) is 24.2 Å². The van der Waals surface area contributed by atoms with Gasteiger partial charge in [0.25, 0.3) is 0 Å². The maximum Gasteiger partial charge on any atom is 0.0167 e. The van der Waals surface area contributed by atoms with Crippen molar-refractivity contribution in [3.63, 3.8) is 0 Å². The topological polar surface area (TPSA) is 38.0 Å². The van der Waals surface area contributed by atoms with Gasteiger partial charge in [0.05, 0.1) is 0 Å². The molecule has 17 heavy (non-hydrogen) atoms. The molecule has 0 aliphatic heterocycles. The summed E-state index contributed by atoms with van der Waals surface area (Å²) in [7, 11) is 0. The maximum atomic E-state index is 6.06. The zero-order chi connectivity index (χ0) is 13.3. The molecule has 0 bridgehead atoms. The zero-order valence-electron chi connectivity index (χ0n) is 12.7. The van der Waals surface area contributed by atoms with E-state index in [1.165, 1.54) is 25.7 Å². The first kappa shape index (κ1) is 16.9. The fourth-order valence-electron chi connectivity index (χ4n) is 2.23. The lowest BCUT2D eigenvalue weighted by Gasteiger charge is -2.26. The molecule has 0 rings (SSSR count). The smallest absolute Gasteiger partial charge is 0.0167 e. The molecular weight excluding hydrogens is 208 g/mol. The third kappa shape index (κ3) is 10.8. The Morgan fingerprint density at radius 2 is 1.82 bits per heavy atom. The first-order chi connectivity index (χ1) is 7.87. The molecule has 3 N–H and O–H groups in total. The van der Waals surface area contributed by atoms with E-state index in [1.807, 2.05) is 0 Å². The van der Waals surface area contributed by atoms with E-state index < -0.39 is 0 Å². The summed E-state index contributed by atoms with van der Waals surface area (Å²) in [4.78, 5) is 0. The van der Waals surface area contributed by atoms with Crippen LogP contribution in [0, 0.1) is 11.3 Å². The van der Waals surface area contributed by atoms with Gasteiger partial charge in [-0.15, -0.1) is 0 Å². The third-order valence-electron chi connectivity index (χ3n) is 3.24. The van der Waals surface area contributed by atoms with E-state index in [9.17, 15) is 0 Å². The molecule has 0 aromatic carbocycles. The highest BCUT2D eigenvalue weighted by atomic mass is 14.9. The Hall–Kier alpha value is -0.0800. The molecule has 0 saturated heterocycles. The van der Waals surface area contributed by atoms with Crippen molar-refractivity contribution in [3.8, 4) is 0 Å². The first-order valence-corrected chi connectivity index (χ1v) is 7.33. The lowest BCUT2D eigenvalue weighted by atomic mass is 9.87. The molecule has 2 heteroatoms. The van der Waals surface area contributed by atoms with Gasteiger partial charge in [0.2, 0.25) is 0 Å². The molecule has 0 aromatic rings. The molecule has 0 spiro atoms. The fourth-order valence-corrected chi connectivity index (χ4v) is 2.23. The summed E-state index contributed by atoms with van der Waals surface area (Å²) in [6, 6.07) is 0.307. The predicted molar refractivity (Wildman–Crippen MR) is 78.2 cm³/mol. The van der Waals surface area contributed by atoms with Crippen LogP contribution in [0.1, 0.15) is 66.7 Å². The van der Waals surface area contributed by atoms with Gasteiger partial charge in [0, 0.05) is 19.1 Å². The summed E-state index contributed by atoms with van der Waals surface area (Å²) in [5.41, 5.74) is 6.47. The second-order valence-electron chi connectivity index (χ2n) is 6.64. The van der Waals surface area contributed by atoms with E-state index in [2.05, 4.69) is 39.9 Å². The SMILES string of the molecule is CCCCCC(C)(C)CNC[C@@H](N)CC(C)C. The lowest BCUT2D eigenvalue weighted by Crippen LogP contribution is -2.39. The van der Waals surface area contributed by atoms with Crippen LogP contribution in [-0.4, -0.2) is 19.1 Å². The number of unbranched alkanes of at least 4 members (excludes halogenated alkanes) is 2. The predicted octanol–water partition coefficient (Wildman–Crippen LogP) is 3.56. The number of nitrogens with two attached hydrogens (primary N) is 1. The summed E-state index contributed by atoms with van der Waals surface area (Å²) in [6.45, 7) is 13.5. The summed E-state index contributed by atoms with van der Waals surface area (Å²) >= 11 is 0. The van der Waals surface area contributed by atoms with Crippen LogP contribution in [0.2, 0.25) is 0 Å². The van der Waals surface area contributed by atoms with Crippen LogP contribution in [-0.2, 0) is 0 Å². The minimum atomic E-state index is 0.307. The molecule has 2 nitrogen and oxygen atoms in total. The minimum absolute atomic E-state index is 0.307. The summed E-state index contributed by atoms with van der Waals surface area (Å²) in [5, 5.41) is 3.53. The highest BCUT2D eigenvalue weighted by Crippen LogP contribution is 2.22. The van der Waals surface area contributed by atoms with Crippen molar-refractivity contribution in [2.45, 2.75) is 72.8 Å². The molecule has 0 saturated carbocycles. The molecule has 0 aliphatic rings. The van der Waals surface area contributed by atoms with Crippen molar-refractivity contribution in [3.05, 3.63) is 0 Å². The second-order valence-corrected chi connectivity index (χ2v) is 6.64. The highest BCUT2D eigenvalue weighted by molar-refractivity contribution is 4.74. The van der Waals surface area contributed by atoms with Gasteiger partial charge in [-0.25, -0.2) is 0 Å². The van der Waals surface area contributed by atoms with Gasteiger partial charge in [-0.3, -0.25) is 0 Å². The van der Waals surface area contributed by atoms with Crippen LogP contribution in [0.25, 0.3) is 0 Å². The number of nitrogens with one attached hydrogen (secondary N) is 1. The summed E-state index contributed by atoms with van der Waals surface area (Å²) < 4.78 is 0. The van der Waals surface area contributed by atoms with E-state index in [-0.39, 0.29) is 0 Å². The molecule has 0 amide bonds. The maximum absolute atomic E-state index is 6.06. The Morgan fingerprint density at radius 3 is 2.35 bits per heavy atom. The van der Waals surface area contributed by atoms with Crippen LogP contribution in [0.3, 0.4) is 0 Å². The molecular formula is C15H34N2. The molecule has 104 valence electrons. The number of hydrogen-bond acceptors (Lipinski definition) is 2. The van der Waals surface area contributed by atoms with Crippen molar-refractivity contribution in [1.82, 2.24) is 5.32 Å². The first-order valence-electron chi connectivity index (χ1n) is 7.33. The van der Waals surface area contributed by atoms with Gasteiger partial charge in [0.1, 0.15) is 0 Å². The van der Waals surface area contributed by atoms with Gasteiger partial charge in [-0.1, -0.05) is 53.9 Å². The molecule has 0 unspecified atom stereocenters.